The lowest BCUT2D eigenvalue weighted by Crippen LogP contribution is -2.35. The van der Waals surface area contributed by atoms with Crippen LogP contribution in [-0.2, 0) is 56.2 Å². The van der Waals surface area contributed by atoms with Gasteiger partial charge in [-0.1, -0.05) is 23.6 Å². The van der Waals surface area contributed by atoms with Crippen LogP contribution in [0.15, 0.2) is 42.5 Å². The summed E-state index contributed by atoms with van der Waals surface area (Å²) in [6.45, 7) is -4.07. The van der Waals surface area contributed by atoms with Crippen LogP contribution in [0, 0.1) is 29.4 Å². The van der Waals surface area contributed by atoms with Gasteiger partial charge in [0.1, 0.15) is 40.8 Å². The summed E-state index contributed by atoms with van der Waals surface area (Å²) in [5, 5.41) is 8.15. The molecular weight excluding hydrogens is 936 g/mol. The van der Waals surface area contributed by atoms with Gasteiger partial charge in [-0.15, -0.1) is 0 Å². The molecule has 5 aromatic rings. The molecule has 342 valence electrons. The van der Waals surface area contributed by atoms with Crippen molar-refractivity contribution >= 4 is 54.1 Å². The van der Waals surface area contributed by atoms with Gasteiger partial charge >= 0.3 is 12.4 Å². The second-order valence-corrected chi connectivity index (χ2v) is 19.6. The molecule has 0 radical (unpaired) electrons. The van der Waals surface area contributed by atoms with Crippen LogP contribution in [0.5, 0.6) is 0 Å². The number of sulfone groups is 1. The number of benzene rings is 2. The standard InChI is InChI=1S/C39H32ClF10N7O5S2/c1-36(2,63(3,59)60)10-9-21-5-6-22(23-7-8-26(40)30-32(23)57(17-37(43,44)45)54-35(30)55-64(4,61)62)31(51-21)27(13-18-11-19(41)14-20(42)12-18)52-28(58)16-56-34-29(33(53-56)39(48,49)50)24-15-25(24)38(34,46)47/h5-8,11-12,14,24-25,27H,13,15-17H2,1-4H3,(H,52,58)(H,54,55)/i3D3,16D2. The maximum Gasteiger partial charge on any atom is 0.435 e. The fourth-order valence-electron chi connectivity index (χ4n) is 7.30. The third kappa shape index (κ3) is 9.24. The number of hydrogen-bond acceptors (Lipinski definition) is 8. The summed E-state index contributed by atoms with van der Waals surface area (Å²) in [6.07, 6.45) is -14.8. The van der Waals surface area contributed by atoms with Gasteiger partial charge in [0.15, 0.2) is 21.3 Å². The van der Waals surface area contributed by atoms with E-state index < -0.39 is 176 Å². The molecule has 1 amide bonds. The van der Waals surface area contributed by atoms with Gasteiger partial charge in [-0.25, -0.2) is 30.6 Å². The molecule has 2 aliphatic rings. The van der Waals surface area contributed by atoms with E-state index in [1.807, 2.05) is 4.72 Å². The van der Waals surface area contributed by atoms with Gasteiger partial charge in [-0.05, 0) is 74.4 Å². The predicted octanol–water partition coefficient (Wildman–Crippen LogP) is 7.66. The van der Waals surface area contributed by atoms with Crippen LogP contribution in [0.4, 0.5) is 49.7 Å². The molecule has 3 heterocycles. The quantitative estimate of drug-likeness (QED) is 0.101. The van der Waals surface area contributed by atoms with Crippen LogP contribution in [0.2, 0.25) is 5.02 Å². The molecule has 2 N–H and O–H groups in total. The lowest BCUT2D eigenvalue weighted by Gasteiger charge is -2.23. The normalized spacial score (nSPS) is 19.2. The Balaban J connectivity index is 1.50. The van der Waals surface area contributed by atoms with Crippen molar-refractivity contribution in [1.29, 1.82) is 0 Å². The number of nitrogens with one attached hydrogen (secondary N) is 2. The van der Waals surface area contributed by atoms with E-state index in [9.17, 15) is 56.8 Å². The Kier molecular flexibility index (Phi) is 9.81. The first-order valence-corrected chi connectivity index (χ1v) is 22.0. The highest BCUT2D eigenvalue weighted by atomic mass is 35.5. The Hall–Kier alpha value is -5.41. The SMILES string of the molecule is [2H]C([2H])(C(=O)NC(Cc1cc(F)cc(F)c1)c1nc(C#CC(C)(C)S(=O)(=O)C([2H])([2H])[2H])ccc1-c1ccc(Cl)c2c(NS(C)(=O)=O)nn(CC(F)(F)F)c12)n1nc(C(F)(F)F)c2c1C(F)(F)C1CC21. The van der Waals surface area contributed by atoms with E-state index in [1.54, 1.807) is 0 Å². The summed E-state index contributed by atoms with van der Waals surface area (Å²) < 4.78 is 236. The fourth-order valence-corrected chi connectivity index (χ4v) is 8.22. The molecule has 7 rings (SSSR count). The van der Waals surface area contributed by atoms with Gasteiger partial charge < -0.3 is 5.32 Å². The minimum atomic E-state index is -5.42. The first kappa shape index (κ1) is 40.1. The number of nitrogens with zero attached hydrogens (tertiary/aromatic N) is 5. The minimum absolute atomic E-state index is 0.277. The van der Waals surface area contributed by atoms with Crippen molar-refractivity contribution in [2.75, 3.05) is 17.2 Å². The number of aromatic nitrogens is 5. The average molecular weight is 973 g/mol. The zero-order chi connectivity index (χ0) is 51.6. The smallest absolute Gasteiger partial charge is 0.346 e. The topological polar surface area (TPSA) is 158 Å². The lowest BCUT2D eigenvalue weighted by atomic mass is 9.93. The highest BCUT2D eigenvalue weighted by Crippen LogP contribution is 2.68. The number of halogens is 11. The summed E-state index contributed by atoms with van der Waals surface area (Å²) in [6, 6.07) is 3.88. The number of rotatable bonds is 11. The van der Waals surface area contributed by atoms with E-state index in [0.717, 1.165) is 38.1 Å². The van der Waals surface area contributed by atoms with E-state index in [-0.39, 0.29) is 10.2 Å². The molecule has 0 spiro atoms. The number of hydrogen-bond donors (Lipinski definition) is 2. The van der Waals surface area contributed by atoms with Gasteiger partial charge in [0.2, 0.25) is 15.9 Å². The van der Waals surface area contributed by atoms with Crippen LogP contribution < -0.4 is 10.0 Å². The Morgan fingerprint density at radius 2 is 1.67 bits per heavy atom. The molecule has 0 bridgehead atoms. The van der Waals surface area contributed by atoms with Crippen LogP contribution >= 0.6 is 11.6 Å². The molecule has 25 heteroatoms. The Morgan fingerprint density at radius 3 is 2.28 bits per heavy atom. The van der Waals surface area contributed by atoms with Crippen molar-refractivity contribution in [2.45, 2.75) is 74.7 Å². The van der Waals surface area contributed by atoms with Crippen molar-refractivity contribution in [2.24, 2.45) is 5.92 Å². The van der Waals surface area contributed by atoms with Crippen molar-refractivity contribution in [3.05, 3.63) is 93.0 Å². The van der Waals surface area contributed by atoms with Gasteiger partial charge in [-0.3, -0.25) is 18.9 Å². The molecule has 12 nitrogen and oxygen atoms in total. The minimum Gasteiger partial charge on any atom is -0.346 e. The summed E-state index contributed by atoms with van der Waals surface area (Å²) in [7, 11) is -9.38. The number of sulfonamides is 1. The van der Waals surface area contributed by atoms with E-state index in [0.29, 0.717) is 24.5 Å². The number of amides is 1. The molecule has 3 atom stereocenters. The van der Waals surface area contributed by atoms with Crippen LogP contribution in [0.25, 0.3) is 22.0 Å². The van der Waals surface area contributed by atoms with E-state index >= 15 is 8.78 Å². The molecule has 3 unspecified atom stereocenters. The maximum atomic E-state index is 15.7. The summed E-state index contributed by atoms with van der Waals surface area (Å²) in [5.74, 6) is -7.84. The van der Waals surface area contributed by atoms with Gasteiger partial charge in [0.05, 0.1) is 36.7 Å². The number of carbonyl (C=O) groups is 1. The van der Waals surface area contributed by atoms with Crippen LogP contribution in [0.3, 0.4) is 0 Å². The average Bonchev–Trinajstić information content (AvgIpc) is 3.67. The van der Waals surface area contributed by atoms with Crippen LogP contribution in [-0.4, -0.2) is 70.7 Å². The van der Waals surface area contributed by atoms with E-state index in [4.69, 9.17) is 18.5 Å². The predicted molar refractivity (Wildman–Crippen MR) is 211 cm³/mol. The van der Waals surface area contributed by atoms with E-state index in [1.165, 1.54) is 0 Å². The number of fused-ring (bicyclic) bond motifs is 4. The Morgan fingerprint density at radius 1 is 1.02 bits per heavy atom. The fraction of sp³-hybridized carbons (Fsp3) is 0.385. The first-order chi connectivity index (χ1) is 31.4. The summed E-state index contributed by atoms with van der Waals surface area (Å²) in [5.41, 5.74) is -7.47. The Bertz CT molecular complexity index is 3240. The largest absolute Gasteiger partial charge is 0.435 e. The van der Waals surface area contributed by atoms with Crippen molar-refractivity contribution < 1.29 is 72.4 Å². The Labute approximate surface area is 369 Å². The molecular formula is C39H32ClF10N7O5S2. The molecule has 0 aliphatic heterocycles. The summed E-state index contributed by atoms with van der Waals surface area (Å²) >= 11 is 6.44. The van der Waals surface area contributed by atoms with Gasteiger partial charge in [-0.2, -0.15) is 45.3 Å². The highest BCUT2D eigenvalue weighted by Gasteiger charge is 2.68. The molecule has 2 aromatic carbocycles. The highest BCUT2D eigenvalue weighted by molar-refractivity contribution is 7.92. The third-order valence-corrected chi connectivity index (χ3v) is 12.5. The van der Waals surface area contributed by atoms with E-state index in [2.05, 4.69) is 32.3 Å². The zero-order valence-electron chi connectivity index (χ0n) is 37.6. The molecule has 0 saturated heterocycles. The number of alkyl halides is 8. The van der Waals surface area contributed by atoms with Gasteiger partial charge in [0, 0.05) is 39.0 Å². The molecule has 2 aliphatic carbocycles. The number of anilines is 1. The van der Waals surface area contributed by atoms with Crippen LogP contribution in [0.1, 0.15) is 73.0 Å². The van der Waals surface area contributed by atoms with Gasteiger partial charge in [0.25, 0.3) is 5.92 Å². The molecule has 1 saturated carbocycles. The zero-order valence-corrected chi connectivity index (χ0v) is 35.0. The third-order valence-electron chi connectivity index (χ3n) is 10.2. The summed E-state index contributed by atoms with van der Waals surface area (Å²) in [4.78, 5) is 18.7. The van der Waals surface area contributed by atoms with Crippen molar-refractivity contribution in [3.63, 3.8) is 0 Å². The second-order valence-electron chi connectivity index (χ2n) is 15.4. The molecule has 64 heavy (non-hydrogen) atoms. The van der Waals surface area contributed by atoms with Crippen molar-refractivity contribution in [3.8, 4) is 23.0 Å². The molecule has 3 aromatic heterocycles. The number of carbonyl (C=O) groups excluding carboxylic acids is 1. The van der Waals surface area contributed by atoms with Crippen molar-refractivity contribution in [1.82, 2.24) is 29.9 Å². The first-order valence-electron chi connectivity index (χ1n) is 20.7. The maximum absolute atomic E-state index is 15.7. The lowest BCUT2D eigenvalue weighted by molar-refractivity contribution is -0.142. The second kappa shape index (κ2) is 15.6. The monoisotopic (exact) mass is 972 g/mol. The number of pyridine rings is 1. The molecule has 1 fully saturated rings.